The minimum atomic E-state index is -0.443. The van der Waals surface area contributed by atoms with Gasteiger partial charge in [-0.05, 0) is 30.4 Å². The van der Waals surface area contributed by atoms with Gasteiger partial charge in [0, 0.05) is 26.4 Å². The highest BCUT2D eigenvalue weighted by Crippen LogP contribution is 2.45. The first-order valence-electron chi connectivity index (χ1n) is 11.8. The highest BCUT2D eigenvalue weighted by molar-refractivity contribution is 8.16. The summed E-state index contributed by atoms with van der Waals surface area (Å²) < 4.78 is 10.6. The van der Waals surface area contributed by atoms with Crippen LogP contribution in [0, 0.1) is 6.92 Å². The number of amides is 1. The number of esters is 1. The van der Waals surface area contributed by atoms with Crippen molar-refractivity contribution < 1.29 is 19.1 Å². The van der Waals surface area contributed by atoms with E-state index in [0.717, 1.165) is 27.6 Å². The summed E-state index contributed by atoms with van der Waals surface area (Å²) in [6.07, 6.45) is 0.197. The van der Waals surface area contributed by atoms with Gasteiger partial charge in [0.1, 0.15) is 6.61 Å². The minimum Gasteiger partial charge on any atom is -0.460 e. The Balaban J connectivity index is 1.61. The summed E-state index contributed by atoms with van der Waals surface area (Å²) in [4.78, 5) is 34.9. The van der Waals surface area contributed by atoms with E-state index in [4.69, 9.17) is 14.5 Å². The van der Waals surface area contributed by atoms with Gasteiger partial charge in [0.25, 0.3) is 0 Å². The van der Waals surface area contributed by atoms with E-state index in [9.17, 15) is 9.59 Å². The number of allylic oxidation sites excluding steroid dienone is 1. The molecule has 188 valence electrons. The van der Waals surface area contributed by atoms with Crippen LogP contribution in [0.5, 0.6) is 0 Å². The second-order valence-electron chi connectivity index (χ2n) is 8.84. The van der Waals surface area contributed by atoms with E-state index < -0.39 is 12.0 Å². The molecule has 0 radical (unpaired) electrons. The third kappa shape index (κ3) is 5.71. The monoisotopic (exact) mass is 505 g/mol. The van der Waals surface area contributed by atoms with Crippen LogP contribution in [0.1, 0.15) is 36.1 Å². The smallest absolute Gasteiger partial charge is 0.338 e. The normalized spacial score (nSPS) is 16.9. The molecule has 2 aromatic rings. The van der Waals surface area contributed by atoms with E-state index in [1.807, 2.05) is 85.8 Å². The first-order valence-corrected chi connectivity index (χ1v) is 12.7. The number of thioether (sulfide) groups is 1. The fourth-order valence-corrected chi connectivity index (χ4v) is 5.19. The van der Waals surface area contributed by atoms with Crippen molar-refractivity contribution in [2.45, 2.75) is 32.9 Å². The lowest BCUT2D eigenvalue weighted by Crippen LogP contribution is -2.38. The molecular weight excluding hydrogens is 474 g/mol. The lowest BCUT2D eigenvalue weighted by atomic mass is 9.93. The van der Waals surface area contributed by atoms with Gasteiger partial charge in [0.15, 0.2) is 5.17 Å². The standard InChI is InChI=1S/C28H31N3O4S/c1-19-10-12-22(13-11-19)26-25(27(33)35-15-14-34-4)20(2)29-28-31(26)23(18-36-28)16-24(32)30(3)17-21-8-6-5-7-9-21/h5-13,18,26H,14-17H2,1-4H3/t26-/m1/s1. The van der Waals surface area contributed by atoms with Crippen LogP contribution in [0.25, 0.3) is 0 Å². The van der Waals surface area contributed by atoms with E-state index in [1.54, 1.807) is 12.0 Å². The Morgan fingerprint density at radius 2 is 1.78 bits per heavy atom. The van der Waals surface area contributed by atoms with Crippen LogP contribution in [0.15, 0.2) is 82.0 Å². The van der Waals surface area contributed by atoms with Crippen molar-refractivity contribution in [3.05, 3.63) is 93.7 Å². The molecule has 2 heterocycles. The fourth-order valence-electron chi connectivity index (χ4n) is 4.23. The average Bonchev–Trinajstić information content (AvgIpc) is 3.26. The van der Waals surface area contributed by atoms with Gasteiger partial charge in [-0.15, -0.1) is 0 Å². The molecule has 8 heteroatoms. The number of fused-ring (bicyclic) bond motifs is 1. The first-order chi connectivity index (χ1) is 17.4. The first kappa shape index (κ1) is 25.7. The molecule has 2 aromatic carbocycles. The molecule has 2 aliphatic heterocycles. The van der Waals surface area contributed by atoms with Gasteiger partial charge in [-0.1, -0.05) is 71.9 Å². The molecule has 7 nitrogen and oxygen atoms in total. The summed E-state index contributed by atoms with van der Waals surface area (Å²) in [5.74, 6) is -0.438. The van der Waals surface area contributed by atoms with Gasteiger partial charge < -0.3 is 19.3 Å². The van der Waals surface area contributed by atoms with E-state index in [0.29, 0.717) is 24.4 Å². The van der Waals surface area contributed by atoms with Crippen LogP contribution >= 0.6 is 11.8 Å². The van der Waals surface area contributed by atoms with Crippen LogP contribution in [0.4, 0.5) is 0 Å². The molecular formula is C28H31N3O4S. The molecule has 2 aliphatic rings. The Hall–Kier alpha value is -3.36. The van der Waals surface area contributed by atoms with Gasteiger partial charge in [0.05, 0.1) is 30.3 Å². The summed E-state index contributed by atoms with van der Waals surface area (Å²) in [6.45, 7) is 4.85. The van der Waals surface area contributed by atoms with Crippen molar-refractivity contribution in [2.24, 2.45) is 4.99 Å². The predicted molar refractivity (Wildman–Crippen MR) is 142 cm³/mol. The Kier molecular flexibility index (Phi) is 8.28. The second kappa shape index (κ2) is 11.6. The number of carbonyl (C=O) groups is 2. The quantitative estimate of drug-likeness (QED) is 0.360. The maximum atomic E-state index is 13.2. The van der Waals surface area contributed by atoms with Crippen LogP contribution in [0.2, 0.25) is 0 Å². The zero-order valence-electron chi connectivity index (χ0n) is 21.1. The van der Waals surface area contributed by atoms with E-state index >= 15 is 0 Å². The number of aliphatic imine (C=N–C) groups is 1. The van der Waals surface area contributed by atoms with Crippen LogP contribution in [-0.2, 0) is 25.6 Å². The Morgan fingerprint density at radius 1 is 1.06 bits per heavy atom. The molecule has 1 amide bonds. The van der Waals surface area contributed by atoms with Gasteiger partial charge in [-0.2, -0.15) is 0 Å². The number of aryl methyl sites for hydroxylation is 1. The zero-order chi connectivity index (χ0) is 25.7. The van der Waals surface area contributed by atoms with Crippen molar-refractivity contribution >= 4 is 28.8 Å². The number of hydrogen-bond acceptors (Lipinski definition) is 7. The highest BCUT2D eigenvalue weighted by atomic mass is 32.2. The molecule has 36 heavy (non-hydrogen) atoms. The number of benzene rings is 2. The van der Waals surface area contributed by atoms with E-state index in [2.05, 4.69) is 0 Å². The zero-order valence-corrected chi connectivity index (χ0v) is 21.9. The molecule has 0 spiro atoms. The number of hydrogen-bond donors (Lipinski definition) is 0. The van der Waals surface area contributed by atoms with Gasteiger partial charge >= 0.3 is 5.97 Å². The van der Waals surface area contributed by atoms with Crippen molar-refractivity contribution in [2.75, 3.05) is 27.4 Å². The molecule has 4 rings (SSSR count). The maximum absolute atomic E-state index is 13.2. The molecule has 0 N–H and O–H groups in total. The lowest BCUT2D eigenvalue weighted by molar-refractivity contribution is -0.141. The Bertz CT molecular complexity index is 1210. The van der Waals surface area contributed by atoms with Gasteiger partial charge in [-0.25, -0.2) is 9.79 Å². The van der Waals surface area contributed by atoms with E-state index in [1.165, 1.54) is 11.8 Å². The number of ether oxygens (including phenoxy) is 2. The predicted octanol–water partition coefficient (Wildman–Crippen LogP) is 4.81. The summed E-state index contributed by atoms with van der Waals surface area (Å²) in [6, 6.07) is 17.5. The molecule has 0 unspecified atom stereocenters. The van der Waals surface area contributed by atoms with Gasteiger partial charge in [0.2, 0.25) is 5.91 Å². The number of methoxy groups -OCH3 is 1. The summed E-state index contributed by atoms with van der Waals surface area (Å²) in [7, 11) is 3.37. The molecule has 0 saturated carbocycles. The van der Waals surface area contributed by atoms with Gasteiger partial charge in [-0.3, -0.25) is 4.79 Å². The maximum Gasteiger partial charge on any atom is 0.338 e. The van der Waals surface area contributed by atoms with Crippen LogP contribution in [-0.4, -0.2) is 54.2 Å². The van der Waals surface area contributed by atoms with Crippen molar-refractivity contribution in [1.82, 2.24) is 9.80 Å². The van der Waals surface area contributed by atoms with Crippen LogP contribution in [0.3, 0.4) is 0 Å². The number of nitrogens with zero attached hydrogens (tertiary/aromatic N) is 3. The molecule has 0 saturated heterocycles. The Morgan fingerprint density at radius 3 is 2.47 bits per heavy atom. The fraction of sp³-hybridized carbons (Fsp3) is 0.321. The minimum absolute atomic E-state index is 0.00916. The summed E-state index contributed by atoms with van der Waals surface area (Å²) in [5, 5.41) is 2.71. The molecule has 0 aromatic heterocycles. The summed E-state index contributed by atoms with van der Waals surface area (Å²) in [5.41, 5.74) is 5.02. The third-order valence-corrected chi connectivity index (χ3v) is 7.04. The second-order valence-corrected chi connectivity index (χ2v) is 9.68. The Labute approximate surface area is 216 Å². The number of carbonyl (C=O) groups excluding carboxylic acids is 2. The van der Waals surface area contributed by atoms with E-state index in [-0.39, 0.29) is 18.9 Å². The molecule has 1 atom stereocenters. The average molecular weight is 506 g/mol. The SMILES string of the molecule is COCCOC(=O)C1=C(C)N=C2SC=C(CC(=O)N(C)Cc3ccccc3)N2[C@@H]1c1ccc(C)cc1. The summed E-state index contributed by atoms with van der Waals surface area (Å²) >= 11 is 1.47. The lowest BCUT2D eigenvalue weighted by Gasteiger charge is -2.36. The van der Waals surface area contributed by atoms with Crippen molar-refractivity contribution in [3.63, 3.8) is 0 Å². The molecule has 0 bridgehead atoms. The van der Waals surface area contributed by atoms with Crippen molar-refractivity contribution in [1.29, 1.82) is 0 Å². The topological polar surface area (TPSA) is 71.4 Å². The number of rotatable bonds is 9. The molecule has 0 fully saturated rings. The highest BCUT2D eigenvalue weighted by Gasteiger charge is 2.41. The van der Waals surface area contributed by atoms with Crippen LogP contribution < -0.4 is 0 Å². The number of amidine groups is 1. The largest absolute Gasteiger partial charge is 0.460 e. The van der Waals surface area contributed by atoms with Crippen molar-refractivity contribution in [3.8, 4) is 0 Å². The molecule has 0 aliphatic carbocycles. The third-order valence-electron chi connectivity index (χ3n) is 6.15.